The number of para-hydroxylation sites is 1. The molecule has 0 saturated carbocycles. The molecule has 0 atom stereocenters. The zero-order chi connectivity index (χ0) is 19.2. The van der Waals surface area contributed by atoms with Gasteiger partial charge in [-0.1, -0.05) is 32.0 Å². The number of hydrogen-bond acceptors (Lipinski definition) is 3. The van der Waals surface area contributed by atoms with Crippen LogP contribution in [-0.2, 0) is 14.8 Å². The minimum Gasteiger partial charge on any atom is -0.352 e. The van der Waals surface area contributed by atoms with Crippen LogP contribution in [0.15, 0.2) is 59.5 Å². The molecule has 0 spiro atoms. The van der Waals surface area contributed by atoms with Crippen LogP contribution in [0, 0.1) is 5.82 Å². The molecule has 0 radical (unpaired) electrons. The highest BCUT2D eigenvalue weighted by Gasteiger charge is 2.27. The van der Waals surface area contributed by atoms with Crippen LogP contribution in [0.5, 0.6) is 0 Å². The highest BCUT2D eigenvalue weighted by atomic mass is 32.2. The third-order valence-corrected chi connectivity index (χ3v) is 5.87. The lowest BCUT2D eigenvalue weighted by atomic mass is 10.2. The molecule has 5 nitrogen and oxygen atoms in total. The van der Waals surface area contributed by atoms with E-state index in [9.17, 15) is 17.6 Å². The van der Waals surface area contributed by atoms with Gasteiger partial charge in [0.15, 0.2) is 0 Å². The summed E-state index contributed by atoms with van der Waals surface area (Å²) in [5, 5.41) is 2.84. The molecule has 2 rings (SSSR count). The van der Waals surface area contributed by atoms with Crippen LogP contribution < -0.4 is 9.62 Å². The van der Waals surface area contributed by atoms with Crippen molar-refractivity contribution < 1.29 is 17.6 Å². The third kappa shape index (κ3) is 4.82. The third-order valence-electron chi connectivity index (χ3n) is 4.08. The monoisotopic (exact) mass is 378 g/mol. The Balaban J connectivity index is 2.35. The smallest absolute Gasteiger partial charge is 0.264 e. The van der Waals surface area contributed by atoms with Gasteiger partial charge in [-0.25, -0.2) is 12.8 Å². The Labute approximate surface area is 153 Å². The van der Waals surface area contributed by atoms with Crippen molar-refractivity contribution in [1.29, 1.82) is 0 Å². The second-order valence-electron chi connectivity index (χ2n) is 5.88. The summed E-state index contributed by atoms with van der Waals surface area (Å²) in [7, 11) is -4.01. The number of nitrogens with one attached hydrogen (secondary N) is 1. The van der Waals surface area contributed by atoms with E-state index in [1.165, 1.54) is 12.1 Å². The Morgan fingerprint density at radius 1 is 1.04 bits per heavy atom. The molecular weight excluding hydrogens is 355 g/mol. The fourth-order valence-corrected chi connectivity index (χ4v) is 3.96. The van der Waals surface area contributed by atoms with Gasteiger partial charge < -0.3 is 5.32 Å². The molecule has 0 unspecified atom stereocenters. The lowest BCUT2D eigenvalue weighted by Crippen LogP contribution is -2.44. The van der Waals surface area contributed by atoms with Gasteiger partial charge in [-0.15, -0.1) is 0 Å². The van der Waals surface area contributed by atoms with E-state index in [4.69, 9.17) is 0 Å². The predicted molar refractivity (Wildman–Crippen MR) is 99.9 cm³/mol. The number of amides is 1. The molecule has 1 amide bonds. The number of hydrogen-bond donors (Lipinski definition) is 1. The molecule has 140 valence electrons. The molecule has 0 bridgehead atoms. The summed E-state index contributed by atoms with van der Waals surface area (Å²) in [4.78, 5) is 12.3. The Bertz CT molecular complexity index is 820. The zero-order valence-corrected chi connectivity index (χ0v) is 15.7. The Hall–Kier alpha value is -2.41. The number of benzene rings is 2. The first-order valence-electron chi connectivity index (χ1n) is 8.51. The molecule has 2 aromatic carbocycles. The van der Waals surface area contributed by atoms with E-state index in [1.807, 2.05) is 13.8 Å². The second-order valence-corrected chi connectivity index (χ2v) is 7.74. The molecule has 2 aromatic rings. The molecular formula is C19H23FN2O3S. The van der Waals surface area contributed by atoms with Crippen LogP contribution in [0.2, 0.25) is 0 Å². The Morgan fingerprint density at radius 3 is 2.15 bits per heavy atom. The van der Waals surface area contributed by atoms with Gasteiger partial charge in [-0.3, -0.25) is 9.10 Å². The van der Waals surface area contributed by atoms with Crippen molar-refractivity contribution in [3.63, 3.8) is 0 Å². The molecule has 1 N–H and O–H groups in total. The van der Waals surface area contributed by atoms with Crippen LogP contribution in [-0.4, -0.2) is 26.9 Å². The lowest BCUT2D eigenvalue weighted by Gasteiger charge is -2.25. The fourth-order valence-electron chi connectivity index (χ4n) is 2.54. The SMILES string of the molecule is CCC(CC)NC(=O)CN(c1ccccc1)S(=O)(=O)c1ccc(F)cc1. The first kappa shape index (κ1) is 19.9. The molecule has 7 heteroatoms. The Morgan fingerprint density at radius 2 is 1.62 bits per heavy atom. The molecule has 0 heterocycles. The minimum atomic E-state index is -4.01. The summed E-state index contributed by atoms with van der Waals surface area (Å²) in [5.41, 5.74) is 0.372. The highest BCUT2D eigenvalue weighted by molar-refractivity contribution is 7.92. The summed E-state index contributed by atoms with van der Waals surface area (Å²) in [6, 6.07) is 12.9. The topological polar surface area (TPSA) is 66.5 Å². The van der Waals surface area contributed by atoms with Gasteiger partial charge in [0.2, 0.25) is 5.91 Å². The van der Waals surface area contributed by atoms with Gasteiger partial charge in [-0.2, -0.15) is 0 Å². The van der Waals surface area contributed by atoms with Crippen molar-refractivity contribution in [2.24, 2.45) is 0 Å². The highest BCUT2D eigenvalue weighted by Crippen LogP contribution is 2.23. The van der Waals surface area contributed by atoms with E-state index in [2.05, 4.69) is 5.32 Å². The van der Waals surface area contributed by atoms with Crippen molar-refractivity contribution in [2.75, 3.05) is 10.8 Å². The average Bonchev–Trinajstić information content (AvgIpc) is 2.65. The van der Waals surface area contributed by atoms with Gasteiger partial charge in [0, 0.05) is 6.04 Å². The van der Waals surface area contributed by atoms with Crippen molar-refractivity contribution in [3.05, 3.63) is 60.4 Å². The molecule has 26 heavy (non-hydrogen) atoms. The van der Waals surface area contributed by atoms with E-state index >= 15 is 0 Å². The molecule has 0 fully saturated rings. The van der Waals surface area contributed by atoms with E-state index in [0.29, 0.717) is 5.69 Å². The van der Waals surface area contributed by atoms with Crippen molar-refractivity contribution in [1.82, 2.24) is 5.32 Å². The number of rotatable bonds is 8. The van der Waals surface area contributed by atoms with Crippen molar-refractivity contribution >= 4 is 21.6 Å². The van der Waals surface area contributed by atoms with E-state index < -0.39 is 15.8 Å². The fraction of sp³-hybridized carbons (Fsp3) is 0.316. The lowest BCUT2D eigenvalue weighted by molar-refractivity contribution is -0.120. The maximum atomic E-state index is 13.2. The summed E-state index contributed by atoms with van der Waals surface area (Å²) in [6.07, 6.45) is 1.52. The first-order chi connectivity index (χ1) is 12.4. The van der Waals surface area contributed by atoms with E-state index in [1.54, 1.807) is 30.3 Å². The van der Waals surface area contributed by atoms with Gasteiger partial charge in [0.05, 0.1) is 10.6 Å². The zero-order valence-electron chi connectivity index (χ0n) is 14.9. The van der Waals surface area contributed by atoms with Gasteiger partial charge in [0.1, 0.15) is 12.4 Å². The summed E-state index contributed by atoms with van der Waals surface area (Å²) >= 11 is 0. The van der Waals surface area contributed by atoms with Gasteiger partial charge in [-0.05, 0) is 49.2 Å². The van der Waals surface area contributed by atoms with Gasteiger partial charge >= 0.3 is 0 Å². The summed E-state index contributed by atoms with van der Waals surface area (Å²) < 4.78 is 40.3. The number of nitrogens with zero attached hydrogens (tertiary/aromatic N) is 1. The maximum absolute atomic E-state index is 13.2. The normalized spacial score (nSPS) is 11.4. The maximum Gasteiger partial charge on any atom is 0.264 e. The minimum absolute atomic E-state index is 0.00588. The average molecular weight is 378 g/mol. The number of sulfonamides is 1. The van der Waals surface area contributed by atoms with Crippen molar-refractivity contribution in [2.45, 2.75) is 37.6 Å². The standard InChI is InChI=1S/C19H23FN2O3S/c1-3-16(4-2)21-19(23)14-22(17-8-6-5-7-9-17)26(24,25)18-12-10-15(20)11-13-18/h5-13,16H,3-4,14H2,1-2H3,(H,21,23). The van der Waals surface area contributed by atoms with Crippen LogP contribution in [0.4, 0.5) is 10.1 Å². The summed E-state index contributed by atoms with van der Waals surface area (Å²) in [6.45, 7) is 3.57. The van der Waals surface area contributed by atoms with Crippen LogP contribution in [0.1, 0.15) is 26.7 Å². The molecule has 0 aliphatic heterocycles. The van der Waals surface area contributed by atoms with Crippen LogP contribution in [0.3, 0.4) is 0 Å². The van der Waals surface area contributed by atoms with Crippen molar-refractivity contribution in [3.8, 4) is 0 Å². The molecule has 0 aliphatic rings. The molecule has 0 aliphatic carbocycles. The second kappa shape index (κ2) is 8.80. The van der Waals surface area contributed by atoms with Crippen LogP contribution >= 0.6 is 0 Å². The van der Waals surface area contributed by atoms with E-state index in [-0.39, 0.29) is 23.4 Å². The van der Waals surface area contributed by atoms with Gasteiger partial charge in [0.25, 0.3) is 10.0 Å². The predicted octanol–water partition coefficient (Wildman–Crippen LogP) is 3.33. The largest absolute Gasteiger partial charge is 0.352 e. The quantitative estimate of drug-likeness (QED) is 0.766. The molecule has 0 aromatic heterocycles. The number of carbonyl (C=O) groups is 1. The number of carbonyl (C=O) groups excluding carboxylic acids is 1. The van der Waals surface area contributed by atoms with E-state index in [0.717, 1.165) is 29.3 Å². The number of anilines is 1. The number of halogens is 1. The first-order valence-corrected chi connectivity index (χ1v) is 9.95. The van der Waals surface area contributed by atoms with Crippen LogP contribution in [0.25, 0.3) is 0 Å². The molecule has 0 saturated heterocycles. The summed E-state index contributed by atoms with van der Waals surface area (Å²) in [5.74, 6) is -0.907. The Kier molecular flexibility index (Phi) is 6.74.